The van der Waals surface area contributed by atoms with E-state index in [2.05, 4.69) is 108 Å². The van der Waals surface area contributed by atoms with Crippen LogP contribution in [0.3, 0.4) is 0 Å². The number of hydrogen-bond donors (Lipinski definition) is 1. The first-order valence-electron chi connectivity index (χ1n) is 14.9. The number of hydrogen-bond acceptors (Lipinski definition) is 5. The lowest BCUT2D eigenvalue weighted by Gasteiger charge is -2.26. The fraction of sp³-hybridized carbons (Fsp3) is 0.135. The third-order valence-electron chi connectivity index (χ3n) is 8.78. The number of nitrogens with zero attached hydrogens (tertiary/aromatic N) is 4. The molecule has 6 heteroatoms. The van der Waals surface area contributed by atoms with Gasteiger partial charge in [-0.05, 0) is 73.3 Å². The molecule has 3 heterocycles. The van der Waals surface area contributed by atoms with E-state index in [1.54, 1.807) is 4.40 Å². The minimum atomic E-state index is -0.0384. The van der Waals surface area contributed by atoms with Crippen LogP contribution in [0, 0.1) is 0 Å². The van der Waals surface area contributed by atoms with Crippen molar-refractivity contribution in [2.24, 2.45) is 0 Å². The molecular formula is C37H31N5O. The number of hydrazine groups is 1. The van der Waals surface area contributed by atoms with E-state index in [4.69, 9.17) is 4.98 Å². The number of aromatic nitrogens is 2. The molecule has 210 valence electrons. The number of para-hydroxylation sites is 3. The van der Waals surface area contributed by atoms with Crippen LogP contribution < -0.4 is 20.9 Å². The quantitative estimate of drug-likeness (QED) is 0.227. The van der Waals surface area contributed by atoms with Crippen LogP contribution in [0.1, 0.15) is 31.0 Å². The average molecular weight is 562 g/mol. The van der Waals surface area contributed by atoms with Gasteiger partial charge in [-0.2, -0.15) is 0 Å². The maximum atomic E-state index is 13.9. The van der Waals surface area contributed by atoms with E-state index in [-0.39, 0.29) is 11.6 Å². The van der Waals surface area contributed by atoms with E-state index in [0.29, 0.717) is 11.0 Å². The Morgan fingerprint density at radius 2 is 1.51 bits per heavy atom. The Kier molecular flexibility index (Phi) is 5.91. The summed E-state index contributed by atoms with van der Waals surface area (Å²) in [6.07, 6.45) is 2.30. The Bertz CT molecular complexity index is 2220. The highest BCUT2D eigenvalue weighted by molar-refractivity contribution is 6.18. The molecule has 0 bridgehead atoms. The summed E-state index contributed by atoms with van der Waals surface area (Å²) in [5.41, 5.74) is 11.7. The van der Waals surface area contributed by atoms with Crippen molar-refractivity contribution in [1.29, 1.82) is 0 Å². The lowest BCUT2D eigenvalue weighted by molar-refractivity contribution is 0.674. The summed E-state index contributed by atoms with van der Waals surface area (Å²) in [7, 11) is 0. The highest BCUT2D eigenvalue weighted by Crippen LogP contribution is 2.40. The topological polar surface area (TPSA) is 52.9 Å². The fourth-order valence-corrected chi connectivity index (χ4v) is 6.66. The summed E-state index contributed by atoms with van der Waals surface area (Å²) in [5, 5.41) is 5.84. The molecule has 7 aromatic rings. The van der Waals surface area contributed by atoms with E-state index in [0.717, 1.165) is 57.2 Å². The molecule has 43 heavy (non-hydrogen) atoms. The zero-order valence-electron chi connectivity index (χ0n) is 24.2. The highest BCUT2D eigenvalue weighted by atomic mass is 16.1. The van der Waals surface area contributed by atoms with Crippen LogP contribution in [0.4, 0.5) is 11.4 Å². The van der Waals surface area contributed by atoms with E-state index < -0.39 is 0 Å². The lowest BCUT2D eigenvalue weighted by atomic mass is 9.95. The first-order chi connectivity index (χ1) is 21.2. The van der Waals surface area contributed by atoms with Crippen molar-refractivity contribution in [3.05, 3.63) is 137 Å². The van der Waals surface area contributed by atoms with Gasteiger partial charge < -0.3 is 4.90 Å². The van der Waals surface area contributed by atoms with Gasteiger partial charge in [0.1, 0.15) is 5.65 Å². The summed E-state index contributed by atoms with van der Waals surface area (Å²) in [6.45, 7) is 6.33. The van der Waals surface area contributed by atoms with Gasteiger partial charge in [0.05, 0.1) is 28.5 Å². The zero-order valence-corrected chi connectivity index (χ0v) is 24.2. The average Bonchev–Trinajstić information content (AvgIpc) is 3.68. The normalized spacial score (nSPS) is 15.3. The second kappa shape index (κ2) is 9.96. The largest absolute Gasteiger partial charge is 0.372 e. The molecule has 6 nitrogen and oxygen atoms in total. The van der Waals surface area contributed by atoms with Crippen LogP contribution >= 0.6 is 0 Å². The van der Waals surface area contributed by atoms with Crippen LogP contribution in [0.15, 0.2) is 120 Å². The Balaban J connectivity index is 1.32. The summed E-state index contributed by atoms with van der Waals surface area (Å²) in [6, 6.07) is 37.4. The molecule has 1 aliphatic rings. The number of pyridine rings is 1. The number of rotatable bonds is 6. The Hall–Kier alpha value is -5.20. The lowest BCUT2D eigenvalue weighted by Crippen LogP contribution is -2.33. The summed E-state index contributed by atoms with van der Waals surface area (Å²) in [5.74, 6) is 0. The number of fused-ring (bicyclic) bond motifs is 4. The number of nitrogens with one attached hydrogen (secondary N) is 1. The van der Waals surface area contributed by atoms with Gasteiger partial charge in [-0.1, -0.05) is 66.7 Å². The summed E-state index contributed by atoms with van der Waals surface area (Å²) in [4.78, 5) is 21.2. The Morgan fingerprint density at radius 3 is 2.30 bits per heavy atom. The number of imidazole rings is 1. The van der Waals surface area contributed by atoms with Crippen molar-refractivity contribution in [2.75, 3.05) is 23.0 Å². The molecule has 0 amide bonds. The van der Waals surface area contributed by atoms with E-state index >= 15 is 0 Å². The summed E-state index contributed by atoms with van der Waals surface area (Å²) >= 11 is 0. The van der Waals surface area contributed by atoms with Crippen molar-refractivity contribution in [2.45, 2.75) is 19.9 Å². The van der Waals surface area contributed by atoms with Crippen molar-refractivity contribution in [3.8, 4) is 0 Å². The summed E-state index contributed by atoms with van der Waals surface area (Å²) < 4.78 is 1.76. The van der Waals surface area contributed by atoms with E-state index in [1.165, 1.54) is 11.3 Å². The monoisotopic (exact) mass is 561 g/mol. The van der Waals surface area contributed by atoms with Crippen LogP contribution in [0.25, 0.3) is 43.9 Å². The van der Waals surface area contributed by atoms with Crippen molar-refractivity contribution < 1.29 is 0 Å². The smallest absolute Gasteiger partial charge is 0.264 e. The van der Waals surface area contributed by atoms with Crippen LogP contribution in [0.2, 0.25) is 0 Å². The molecule has 8 rings (SSSR count). The van der Waals surface area contributed by atoms with Gasteiger partial charge in [0.25, 0.3) is 5.56 Å². The fourth-order valence-electron chi connectivity index (χ4n) is 6.66. The minimum absolute atomic E-state index is 0.0161. The predicted octanol–water partition coefficient (Wildman–Crippen LogP) is 7.55. The molecule has 5 aromatic carbocycles. The van der Waals surface area contributed by atoms with Gasteiger partial charge in [0.2, 0.25) is 0 Å². The molecule has 2 aromatic heterocycles. The first kappa shape index (κ1) is 25.5. The zero-order chi connectivity index (χ0) is 29.1. The van der Waals surface area contributed by atoms with Crippen molar-refractivity contribution >= 4 is 55.3 Å². The molecule has 0 radical (unpaired) electrons. The van der Waals surface area contributed by atoms with Gasteiger partial charge in [0, 0.05) is 40.5 Å². The van der Waals surface area contributed by atoms with Gasteiger partial charge in [-0.3, -0.25) is 14.2 Å². The molecule has 0 aliphatic carbocycles. The van der Waals surface area contributed by atoms with Gasteiger partial charge in [-0.25, -0.2) is 10.4 Å². The minimum Gasteiger partial charge on any atom is -0.372 e. The van der Waals surface area contributed by atoms with Gasteiger partial charge in [0.15, 0.2) is 0 Å². The van der Waals surface area contributed by atoms with Crippen molar-refractivity contribution in [3.63, 3.8) is 0 Å². The predicted molar refractivity (Wildman–Crippen MR) is 178 cm³/mol. The highest BCUT2D eigenvalue weighted by Gasteiger charge is 2.28. The first-order valence-corrected chi connectivity index (χ1v) is 14.9. The molecule has 0 saturated carbocycles. The van der Waals surface area contributed by atoms with Gasteiger partial charge in [-0.15, -0.1) is 0 Å². The van der Waals surface area contributed by atoms with Crippen LogP contribution in [-0.2, 0) is 0 Å². The Labute approximate surface area is 249 Å². The molecule has 0 unspecified atom stereocenters. The van der Waals surface area contributed by atoms with E-state index in [9.17, 15) is 4.79 Å². The molecular weight excluding hydrogens is 530 g/mol. The molecule has 1 atom stereocenters. The molecule has 0 spiro atoms. The van der Waals surface area contributed by atoms with Gasteiger partial charge >= 0.3 is 0 Å². The van der Waals surface area contributed by atoms with E-state index in [1.807, 2.05) is 36.4 Å². The number of benzene rings is 5. The molecule has 1 N–H and O–H groups in total. The Morgan fingerprint density at radius 1 is 0.767 bits per heavy atom. The SMILES string of the molecule is CCN(CC)c1ccc([C@H]2C=C(c3ccc4c(=O)n5c6ccccc6nc5c5cccc3c45)N(c3ccccc3)N2)cc1. The molecule has 0 saturated heterocycles. The molecule has 1 aliphatic heterocycles. The maximum absolute atomic E-state index is 13.9. The standard InChI is InChI=1S/C37H31N5O/c1-3-40(4-2)25-19-17-24(18-20-25)32-23-34(42(39-32)26-11-6-5-7-12-26)27-21-22-30-35-28(27)13-10-14-29(35)36-38-31-15-8-9-16-33(31)41(36)37(30)43/h5-23,32,39H,3-4H2,1-2H3/t32-/m1/s1. The third-order valence-corrected chi connectivity index (χ3v) is 8.78. The van der Waals surface area contributed by atoms with Crippen molar-refractivity contribution in [1.82, 2.24) is 14.8 Å². The molecule has 0 fully saturated rings. The number of anilines is 2. The van der Waals surface area contributed by atoms with Crippen LogP contribution in [-0.4, -0.2) is 22.5 Å². The second-order valence-electron chi connectivity index (χ2n) is 11.0. The third kappa shape index (κ3) is 3.91. The maximum Gasteiger partial charge on any atom is 0.264 e. The van der Waals surface area contributed by atoms with Crippen LogP contribution in [0.5, 0.6) is 0 Å². The second-order valence-corrected chi connectivity index (χ2v) is 11.0.